The molecule has 5 heteroatoms. The quantitative estimate of drug-likeness (QED) is 0.896. The Bertz CT molecular complexity index is 582. The highest BCUT2D eigenvalue weighted by atomic mass is 16.5. The number of methoxy groups -OCH3 is 1. The molecule has 1 heterocycles. The predicted octanol–water partition coefficient (Wildman–Crippen LogP) is 3.18. The molecule has 2 rings (SSSR count). The molecule has 0 bridgehead atoms. The van der Waals surface area contributed by atoms with Crippen LogP contribution in [0.3, 0.4) is 0 Å². The molecule has 0 aliphatic rings. The van der Waals surface area contributed by atoms with Gasteiger partial charge in [-0.3, -0.25) is 5.32 Å². The van der Waals surface area contributed by atoms with Gasteiger partial charge in [-0.05, 0) is 36.8 Å². The fraction of sp³-hybridized carbons (Fsp3) is 0.200. The Kier molecular flexibility index (Phi) is 4.55. The molecule has 2 aromatic rings. The maximum atomic E-state index is 11.1. The molecule has 0 aliphatic heterocycles. The van der Waals surface area contributed by atoms with Crippen molar-refractivity contribution in [1.29, 1.82) is 0 Å². The lowest BCUT2D eigenvalue weighted by molar-refractivity contribution is 0.187. The highest BCUT2D eigenvalue weighted by molar-refractivity contribution is 5.84. The molecule has 0 atom stereocenters. The minimum atomic E-state index is -0.472. The van der Waals surface area contributed by atoms with Gasteiger partial charge in [0.1, 0.15) is 5.82 Å². The van der Waals surface area contributed by atoms with E-state index in [1.54, 1.807) is 0 Å². The van der Waals surface area contributed by atoms with E-state index in [-0.39, 0.29) is 0 Å². The Morgan fingerprint density at radius 2 is 1.95 bits per heavy atom. The van der Waals surface area contributed by atoms with Crippen LogP contribution in [-0.2, 0) is 11.3 Å². The number of nitrogens with zero attached hydrogens (tertiary/aromatic N) is 1. The zero-order chi connectivity index (χ0) is 14.4. The summed E-state index contributed by atoms with van der Waals surface area (Å²) in [6.45, 7) is 2.63. The zero-order valence-electron chi connectivity index (χ0n) is 11.5. The summed E-state index contributed by atoms with van der Waals surface area (Å²) in [6, 6.07) is 13.4. The van der Waals surface area contributed by atoms with E-state index in [4.69, 9.17) is 0 Å². The summed E-state index contributed by atoms with van der Waals surface area (Å²) >= 11 is 0. The Hall–Kier alpha value is -2.56. The second kappa shape index (κ2) is 6.56. The molecular formula is C15H17N3O2. The highest BCUT2D eigenvalue weighted by Crippen LogP contribution is 2.12. The molecule has 104 valence electrons. The fourth-order valence-corrected chi connectivity index (χ4v) is 1.71. The Morgan fingerprint density at radius 1 is 1.20 bits per heavy atom. The summed E-state index contributed by atoms with van der Waals surface area (Å²) in [7, 11) is 1.34. The van der Waals surface area contributed by atoms with Crippen LogP contribution in [0, 0.1) is 6.92 Å². The molecule has 1 aromatic heterocycles. The van der Waals surface area contributed by atoms with Crippen molar-refractivity contribution in [3.05, 3.63) is 53.7 Å². The van der Waals surface area contributed by atoms with E-state index in [9.17, 15) is 4.79 Å². The first-order valence-corrected chi connectivity index (χ1v) is 6.29. The van der Waals surface area contributed by atoms with Crippen molar-refractivity contribution in [2.24, 2.45) is 0 Å². The van der Waals surface area contributed by atoms with E-state index in [1.165, 1.54) is 7.11 Å². The first-order valence-electron chi connectivity index (χ1n) is 6.29. The van der Waals surface area contributed by atoms with Crippen molar-refractivity contribution in [3.63, 3.8) is 0 Å². The SMILES string of the molecule is COC(=O)Nc1ccc(CNc2cccc(C)n2)cc1. The zero-order valence-corrected chi connectivity index (χ0v) is 11.5. The van der Waals surface area contributed by atoms with Gasteiger partial charge in [0.15, 0.2) is 0 Å². The number of carbonyl (C=O) groups is 1. The number of rotatable bonds is 4. The number of carbonyl (C=O) groups excluding carboxylic acids is 1. The number of aryl methyl sites for hydroxylation is 1. The number of nitrogens with one attached hydrogen (secondary N) is 2. The number of benzene rings is 1. The molecule has 5 nitrogen and oxygen atoms in total. The van der Waals surface area contributed by atoms with Crippen LogP contribution < -0.4 is 10.6 Å². The number of amides is 1. The van der Waals surface area contributed by atoms with Crippen LogP contribution in [0.2, 0.25) is 0 Å². The van der Waals surface area contributed by atoms with Gasteiger partial charge >= 0.3 is 6.09 Å². The number of pyridine rings is 1. The summed E-state index contributed by atoms with van der Waals surface area (Å²) in [5.74, 6) is 0.849. The van der Waals surface area contributed by atoms with Crippen LogP contribution in [-0.4, -0.2) is 18.2 Å². The molecule has 20 heavy (non-hydrogen) atoms. The number of ether oxygens (including phenoxy) is 1. The van der Waals surface area contributed by atoms with Gasteiger partial charge in [0.05, 0.1) is 7.11 Å². The smallest absolute Gasteiger partial charge is 0.411 e. The minimum Gasteiger partial charge on any atom is -0.453 e. The minimum absolute atomic E-state index is 0.472. The van der Waals surface area contributed by atoms with Crippen molar-refractivity contribution in [2.45, 2.75) is 13.5 Å². The van der Waals surface area contributed by atoms with Crippen LogP contribution in [0.15, 0.2) is 42.5 Å². The Balaban J connectivity index is 1.92. The predicted molar refractivity (Wildman–Crippen MR) is 78.8 cm³/mol. The van der Waals surface area contributed by atoms with Gasteiger partial charge in [0, 0.05) is 17.9 Å². The van der Waals surface area contributed by atoms with Crippen LogP contribution in [0.25, 0.3) is 0 Å². The van der Waals surface area contributed by atoms with E-state index in [0.29, 0.717) is 12.2 Å². The first-order chi connectivity index (χ1) is 9.67. The van der Waals surface area contributed by atoms with Crippen molar-refractivity contribution < 1.29 is 9.53 Å². The van der Waals surface area contributed by atoms with Gasteiger partial charge < -0.3 is 10.1 Å². The monoisotopic (exact) mass is 271 g/mol. The summed E-state index contributed by atoms with van der Waals surface area (Å²) in [6.07, 6.45) is -0.472. The molecule has 0 radical (unpaired) electrons. The Labute approximate surface area is 118 Å². The van der Waals surface area contributed by atoms with Gasteiger partial charge in [-0.25, -0.2) is 9.78 Å². The van der Waals surface area contributed by atoms with Crippen LogP contribution >= 0.6 is 0 Å². The van der Waals surface area contributed by atoms with Crippen molar-refractivity contribution in [3.8, 4) is 0 Å². The van der Waals surface area contributed by atoms with Crippen molar-refractivity contribution >= 4 is 17.6 Å². The van der Waals surface area contributed by atoms with E-state index >= 15 is 0 Å². The molecule has 2 N–H and O–H groups in total. The number of anilines is 2. The number of hydrogen-bond donors (Lipinski definition) is 2. The molecule has 0 fully saturated rings. The largest absolute Gasteiger partial charge is 0.453 e. The van der Waals surface area contributed by atoms with Gasteiger partial charge in [0.25, 0.3) is 0 Å². The van der Waals surface area contributed by atoms with E-state index < -0.39 is 6.09 Å². The number of aromatic nitrogens is 1. The number of hydrogen-bond acceptors (Lipinski definition) is 4. The van der Waals surface area contributed by atoms with Gasteiger partial charge in [-0.2, -0.15) is 0 Å². The lowest BCUT2D eigenvalue weighted by Crippen LogP contribution is -2.10. The van der Waals surface area contributed by atoms with Gasteiger partial charge in [-0.1, -0.05) is 18.2 Å². The third-order valence-electron chi connectivity index (χ3n) is 2.75. The molecule has 0 saturated heterocycles. The second-order valence-electron chi connectivity index (χ2n) is 4.33. The van der Waals surface area contributed by atoms with E-state index in [0.717, 1.165) is 17.1 Å². The standard InChI is InChI=1S/C15H17N3O2/c1-11-4-3-5-14(17-11)16-10-12-6-8-13(9-7-12)18-15(19)20-2/h3-9H,10H2,1-2H3,(H,16,17)(H,18,19). The highest BCUT2D eigenvalue weighted by Gasteiger charge is 2.00. The van der Waals surface area contributed by atoms with Gasteiger partial charge in [-0.15, -0.1) is 0 Å². The average molecular weight is 271 g/mol. The molecule has 0 aliphatic carbocycles. The maximum absolute atomic E-state index is 11.1. The third kappa shape index (κ3) is 3.98. The van der Waals surface area contributed by atoms with Crippen molar-refractivity contribution in [2.75, 3.05) is 17.7 Å². The van der Waals surface area contributed by atoms with Gasteiger partial charge in [0.2, 0.25) is 0 Å². The van der Waals surface area contributed by atoms with Crippen LogP contribution in [0.1, 0.15) is 11.3 Å². The summed E-state index contributed by atoms with van der Waals surface area (Å²) in [5.41, 5.74) is 2.78. The first kappa shape index (κ1) is 13.9. The maximum Gasteiger partial charge on any atom is 0.411 e. The van der Waals surface area contributed by atoms with E-state index in [1.807, 2.05) is 49.4 Å². The molecule has 0 spiro atoms. The second-order valence-corrected chi connectivity index (χ2v) is 4.33. The lowest BCUT2D eigenvalue weighted by Gasteiger charge is -2.08. The summed E-state index contributed by atoms with van der Waals surface area (Å²) in [4.78, 5) is 15.4. The normalized spacial score (nSPS) is 9.90. The molecular weight excluding hydrogens is 254 g/mol. The van der Waals surface area contributed by atoms with Crippen molar-refractivity contribution in [1.82, 2.24) is 4.98 Å². The average Bonchev–Trinajstić information content (AvgIpc) is 2.46. The molecule has 1 amide bonds. The lowest BCUT2D eigenvalue weighted by atomic mass is 10.2. The topological polar surface area (TPSA) is 63.2 Å². The van der Waals surface area contributed by atoms with Crippen LogP contribution in [0.5, 0.6) is 0 Å². The van der Waals surface area contributed by atoms with E-state index in [2.05, 4.69) is 20.4 Å². The molecule has 0 unspecified atom stereocenters. The van der Waals surface area contributed by atoms with Crippen LogP contribution in [0.4, 0.5) is 16.3 Å². The summed E-state index contributed by atoms with van der Waals surface area (Å²) < 4.78 is 4.53. The molecule has 1 aromatic carbocycles. The Morgan fingerprint density at radius 3 is 2.60 bits per heavy atom. The molecule has 0 saturated carbocycles. The fourth-order valence-electron chi connectivity index (χ4n) is 1.71. The summed E-state index contributed by atoms with van der Waals surface area (Å²) in [5, 5.41) is 5.86. The third-order valence-corrected chi connectivity index (χ3v) is 2.75.